The Morgan fingerprint density at radius 3 is 2.33 bits per heavy atom. The number of hydrogen-bond acceptors (Lipinski definition) is 3. The van der Waals surface area contributed by atoms with Crippen molar-refractivity contribution < 1.29 is 0 Å². The minimum atomic E-state index is 0. The number of piperidine rings is 1. The predicted octanol–water partition coefficient (Wildman–Crippen LogP) is 1.57. The van der Waals surface area contributed by atoms with E-state index in [1.807, 2.05) is 0 Å². The van der Waals surface area contributed by atoms with Crippen molar-refractivity contribution in [2.24, 2.45) is 0 Å². The van der Waals surface area contributed by atoms with E-state index in [4.69, 9.17) is 5.26 Å². The lowest BCUT2D eigenvalue weighted by Crippen LogP contribution is -2.49. The van der Waals surface area contributed by atoms with Gasteiger partial charge in [0.05, 0.1) is 12.6 Å². The minimum Gasteiger partial charge on any atom is -0.311 e. The number of nitrogens with zero attached hydrogens (tertiary/aromatic N) is 2. The molecule has 0 aromatic heterocycles. The van der Waals surface area contributed by atoms with Crippen LogP contribution in [0, 0.1) is 11.3 Å². The van der Waals surface area contributed by atoms with Crippen molar-refractivity contribution in [3.63, 3.8) is 0 Å². The van der Waals surface area contributed by atoms with Crippen molar-refractivity contribution >= 4 is 24.8 Å². The van der Waals surface area contributed by atoms with Crippen LogP contribution in [0.4, 0.5) is 0 Å². The lowest BCUT2D eigenvalue weighted by Gasteiger charge is -2.38. The maximum atomic E-state index is 8.57. The van der Waals surface area contributed by atoms with Gasteiger partial charge < -0.3 is 5.32 Å². The Labute approximate surface area is 104 Å². The normalized spacial score (nSPS) is 23.9. The highest BCUT2D eigenvalue weighted by Gasteiger charge is 2.36. The van der Waals surface area contributed by atoms with Gasteiger partial charge in [0.2, 0.25) is 0 Å². The first kappa shape index (κ1) is 15.0. The molecule has 1 N–H and O–H groups in total. The van der Waals surface area contributed by atoms with Gasteiger partial charge in [0.1, 0.15) is 0 Å². The molecule has 0 aromatic carbocycles. The zero-order valence-electron chi connectivity index (χ0n) is 8.87. The molecule has 0 aliphatic carbocycles. The third kappa shape index (κ3) is 3.49. The Morgan fingerprint density at radius 2 is 1.87 bits per heavy atom. The Hall–Kier alpha value is -0.0100. The summed E-state index contributed by atoms with van der Waals surface area (Å²) < 4.78 is 0. The molecule has 0 amide bonds. The molecular weight excluding hydrogens is 233 g/mol. The molecule has 2 heterocycles. The summed E-state index contributed by atoms with van der Waals surface area (Å²) in [4.78, 5) is 2.26. The van der Waals surface area contributed by atoms with Crippen molar-refractivity contribution in [1.29, 1.82) is 5.26 Å². The quantitative estimate of drug-likeness (QED) is 0.720. The van der Waals surface area contributed by atoms with Crippen LogP contribution in [-0.2, 0) is 0 Å². The van der Waals surface area contributed by atoms with E-state index in [9.17, 15) is 0 Å². The summed E-state index contributed by atoms with van der Waals surface area (Å²) in [6, 6.07) is 2.22. The highest BCUT2D eigenvalue weighted by atomic mass is 35.5. The van der Waals surface area contributed by atoms with E-state index in [0.717, 1.165) is 13.1 Å². The molecule has 0 bridgehead atoms. The topological polar surface area (TPSA) is 39.1 Å². The molecule has 1 spiro atoms. The summed E-state index contributed by atoms with van der Waals surface area (Å²) in [5, 5.41) is 12.2. The second-order valence-electron chi connectivity index (χ2n) is 4.24. The Bertz CT molecular complexity index is 211. The molecule has 2 aliphatic heterocycles. The second kappa shape index (κ2) is 6.55. The minimum absolute atomic E-state index is 0. The van der Waals surface area contributed by atoms with E-state index in [1.54, 1.807) is 0 Å². The maximum Gasteiger partial charge on any atom is 0.0866 e. The summed E-state index contributed by atoms with van der Waals surface area (Å²) in [5.74, 6) is 0. The Balaban J connectivity index is 0.000000980. The van der Waals surface area contributed by atoms with E-state index in [2.05, 4.69) is 16.3 Å². The number of likely N-dealkylation sites (tertiary alicyclic amines) is 1. The molecule has 5 heteroatoms. The fraction of sp³-hybridized carbons (Fsp3) is 0.900. The van der Waals surface area contributed by atoms with E-state index < -0.39 is 0 Å². The van der Waals surface area contributed by atoms with Crippen LogP contribution in [0.2, 0.25) is 0 Å². The molecule has 0 aromatic rings. The molecule has 2 aliphatic rings. The summed E-state index contributed by atoms with van der Waals surface area (Å²) in [5.41, 5.74) is 0.450. The smallest absolute Gasteiger partial charge is 0.0866 e. The number of halogens is 2. The number of nitrogens with one attached hydrogen (secondary N) is 1. The van der Waals surface area contributed by atoms with Gasteiger partial charge in [-0.2, -0.15) is 5.26 Å². The van der Waals surface area contributed by atoms with Crippen molar-refractivity contribution in [3.05, 3.63) is 0 Å². The van der Waals surface area contributed by atoms with Gasteiger partial charge in [-0.1, -0.05) is 0 Å². The third-order valence-corrected chi connectivity index (χ3v) is 3.44. The first-order valence-electron chi connectivity index (χ1n) is 5.19. The summed E-state index contributed by atoms with van der Waals surface area (Å²) >= 11 is 0. The molecule has 0 unspecified atom stereocenters. The molecule has 2 fully saturated rings. The zero-order chi connectivity index (χ0) is 9.15. The van der Waals surface area contributed by atoms with Crippen LogP contribution in [0.15, 0.2) is 0 Å². The van der Waals surface area contributed by atoms with Crippen molar-refractivity contribution in [2.45, 2.75) is 31.2 Å². The monoisotopic (exact) mass is 251 g/mol. The SMILES string of the molecule is Cl.Cl.N#CCN1CCC2(CCCN2)CC1. The predicted molar refractivity (Wildman–Crippen MR) is 65.8 cm³/mol. The highest BCUT2D eigenvalue weighted by molar-refractivity contribution is 5.85. The molecule has 2 saturated heterocycles. The van der Waals surface area contributed by atoms with Crippen LogP contribution in [0.5, 0.6) is 0 Å². The molecule has 0 saturated carbocycles. The van der Waals surface area contributed by atoms with Crippen molar-refractivity contribution in [3.8, 4) is 6.07 Å². The van der Waals surface area contributed by atoms with E-state index >= 15 is 0 Å². The summed E-state index contributed by atoms with van der Waals surface area (Å²) in [6.45, 7) is 4.00. The van der Waals surface area contributed by atoms with Crippen LogP contribution in [0.3, 0.4) is 0 Å². The van der Waals surface area contributed by atoms with Gasteiger partial charge in [0.15, 0.2) is 0 Å². The van der Waals surface area contributed by atoms with E-state index in [-0.39, 0.29) is 24.8 Å². The van der Waals surface area contributed by atoms with Crippen LogP contribution in [0.25, 0.3) is 0 Å². The van der Waals surface area contributed by atoms with Crippen molar-refractivity contribution in [1.82, 2.24) is 10.2 Å². The molecule has 0 radical (unpaired) electrons. The van der Waals surface area contributed by atoms with Crippen LogP contribution in [-0.4, -0.2) is 36.6 Å². The van der Waals surface area contributed by atoms with E-state index in [0.29, 0.717) is 12.1 Å². The number of nitriles is 1. The number of hydrogen-bond donors (Lipinski definition) is 1. The summed E-state index contributed by atoms with van der Waals surface area (Å²) in [6.07, 6.45) is 5.13. The fourth-order valence-electron chi connectivity index (χ4n) is 2.53. The molecule has 3 nitrogen and oxygen atoms in total. The van der Waals surface area contributed by atoms with Crippen molar-refractivity contribution in [2.75, 3.05) is 26.2 Å². The maximum absolute atomic E-state index is 8.57. The highest BCUT2D eigenvalue weighted by Crippen LogP contribution is 2.30. The first-order chi connectivity index (χ1) is 6.35. The summed E-state index contributed by atoms with van der Waals surface area (Å²) in [7, 11) is 0. The number of rotatable bonds is 1. The van der Waals surface area contributed by atoms with Gasteiger partial charge in [-0.15, -0.1) is 24.8 Å². The van der Waals surface area contributed by atoms with Crippen LogP contribution < -0.4 is 5.32 Å². The molecule has 2 rings (SSSR count). The molecule has 88 valence electrons. The third-order valence-electron chi connectivity index (χ3n) is 3.44. The van der Waals surface area contributed by atoms with Gasteiger partial charge in [-0.3, -0.25) is 4.90 Å². The Kier molecular flexibility index (Phi) is 6.54. The Morgan fingerprint density at radius 1 is 1.20 bits per heavy atom. The second-order valence-corrected chi connectivity index (χ2v) is 4.24. The van der Waals surface area contributed by atoms with Gasteiger partial charge in [-0.25, -0.2) is 0 Å². The van der Waals surface area contributed by atoms with Gasteiger partial charge in [0.25, 0.3) is 0 Å². The average Bonchev–Trinajstić information content (AvgIpc) is 2.59. The van der Waals surface area contributed by atoms with Gasteiger partial charge >= 0.3 is 0 Å². The lowest BCUT2D eigenvalue weighted by atomic mass is 9.86. The molecule has 15 heavy (non-hydrogen) atoms. The van der Waals surface area contributed by atoms with Gasteiger partial charge in [0, 0.05) is 18.6 Å². The molecular formula is C10H19Cl2N3. The standard InChI is InChI=1S/C10H17N3.2ClH/c11-5-9-13-7-3-10(4-8-13)2-1-6-12-10;;/h12H,1-4,6-9H2;2*1H. The largest absolute Gasteiger partial charge is 0.311 e. The lowest BCUT2D eigenvalue weighted by molar-refractivity contribution is 0.162. The zero-order valence-corrected chi connectivity index (χ0v) is 10.5. The molecule has 0 atom stereocenters. The fourth-order valence-corrected chi connectivity index (χ4v) is 2.53. The average molecular weight is 252 g/mol. The first-order valence-corrected chi connectivity index (χ1v) is 5.19. The van der Waals surface area contributed by atoms with Gasteiger partial charge in [-0.05, 0) is 32.2 Å². The van der Waals surface area contributed by atoms with Crippen LogP contribution in [0.1, 0.15) is 25.7 Å². The van der Waals surface area contributed by atoms with E-state index in [1.165, 1.54) is 32.2 Å². The van der Waals surface area contributed by atoms with Crippen LogP contribution >= 0.6 is 24.8 Å².